The number of hydrogen-bond donors (Lipinski definition) is 2. The van der Waals surface area contributed by atoms with E-state index in [0.717, 1.165) is 0 Å². The van der Waals surface area contributed by atoms with E-state index in [-0.39, 0.29) is 35.3 Å². The minimum atomic E-state index is -1.21. The first-order chi connectivity index (χ1) is 10.6. The molecule has 0 spiro atoms. The number of halogens is 1. The number of fused-ring (bicyclic) bond motifs is 1. The van der Waals surface area contributed by atoms with Gasteiger partial charge < -0.3 is 14.9 Å². The monoisotopic (exact) mass is 302 g/mol. The standard InChI is InChI=1S/C15H11FN2O4/c16-9-3-1-4-10(7-9)22-8-12-17-14(15(20)21)11-5-2-6-13(19)18(11)12/h1-7,19H,8H2,(H,20,21). The van der Waals surface area contributed by atoms with Gasteiger partial charge in [0.15, 0.2) is 17.4 Å². The van der Waals surface area contributed by atoms with Crippen molar-refractivity contribution in [2.45, 2.75) is 6.61 Å². The molecule has 2 heterocycles. The molecule has 0 atom stereocenters. The second-order valence-corrected chi connectivity index (χ2v) is 4.53. The highest BCUT2D eigenvalue weighted by Gasteiger charge is 2.18. The number of hydrogen-bond acceptors (Lipinski definition) is 4. The molecule has 2 aromatic heterocycles. The number of aromatic hydroxyl groups is 1. The molecule has 6 nitrogen and oxygen atoms in total. The summed E-state index contributed by atoms with van der Waals surface area (Å²) in [6.45, 7) is -0.116. The van der Waals surface area contributed by atoms with Crippen molar-refractivity contribution in [1.29, 1.82) is 0 Å². The number of aromatic nitrogens is 2. The SMILES string of the molecule is O=C(O)c1nc(COc2cccc(F)c2)n2c(O)cccc12. The van der Waals surface area contributed by atoms with E-state index in [1.54, 1.807) is 6.07 Å². The highest BCUT2D eigenvalue weighted by atomic mass is 19.1. The number of imidazole rings is 1. The van der Waals surface area contributed by atoms with Gasteiger partial charge in [-0.3, -0.25) is 4.40 Å². The number of benzene rings is 1. The van der Waals surface area contributed by atoms with Gasteiger partial charge in [-0.25, -0.2) is 14.2 Å². The predicted molar refractivity (Wildman–Crippen MR) is 74.5 cm³/mol. The molecule has 0 aliphatic rings. The predicted octanol–water partition coefficient (Wildman–Crippen LogP) is 2.46. The van der Waals surface area contributed by atoms with E-state index in [2.05, 4.69) is 4.98 Å². The highest BCUT2D eigenvalue weighted by molar-refractivity contribution is 5.93. The van der Waals surface area contributed by atoms with Gasteiger partial charge in [-0.05, 0) is 24.3 Å². The quantitative estimate of drug-likeness (QED) is 0.773. The third kappa shape index (κ3) is 2.44. The molecule has 0 saturated heterocycles. The van der Waals surface area contributed by atoms with Crippen molar-refractivity contribution >= 4 is 11.5 Å². The zero-order valence-electron chi connectivity index (χ0n) is 11.2. The van der Waals surface area contributed by atoms with Crippen LogP contribution in [0.4, 0.5) is 4.39 Å². The number of rotatable bonds is 4. The number of carbonyl (C=O) groups is 1. The number of aromatic carboxylic acids is 1. The van der Waals surface area contributed by atoms with Crippen LogP contribution in [0.2, 0.25) is 0 Å². The Bertz CT molecular complexity index is 860. The van der Waals surface area contributed by atoms with Crippen molar-refractivity contribution in [3.8, 4) is 11.6 Å². The van der Waals surface area contributed by atoms with Crippen molar-refractivity contribution in [2.24, 2.45) is 0 Å². The van der Waals surface area contributed by atoms with Gasteiger partial charge in [-0.1, -0.05) is 12.1 Å². The maximum absolute atomic E-state index is 13.1. The van der Waals surface area contributed by atoms with Crippen molar-refractivity contribution in [3.63, 3.8) is 0 Å². The molecule has 22 heavy (non-hydrogen) atoms. The molecule has 0 aliphatic heterocycles. The number of carboxylic acid groups (broad SMARTS) is 1. The highest BCUT2D eigenvalue weighted by Crippen LogP contribution is 2.21. The number of carboxylic acids is 1. The summed E-state index contributed by atoms with van der Waals surface area (Å²) < 4.78 is 19.8. The first-order valence-electron chi connectivity index (χ1n) is 6.37. The molecular formula is C15H11FN2O4. The van der Waals surface area contributed by atoms with E-state index in [0.29, 0.717) is 0 Å². The summed E-state index contributed by atoms with van der Waals surface area (Å²) in [7, 11) is 0. The normalized spacial score (nSPS) is 10.8. The van der Waals surface area contributed by atoms with Gasteiger partial charge in [0.2, 0.25) is 0 Å². The van der Waals surface area contributed by atoms with Crippen LogP contribution in [0.3, 0.4) is 0 Å². The molecule has 0 radical (unpaired) electrons. The molecule has 0 saturated carbocycles. The average molecular weight is 302 g/mol. The minimum absolute atomic E-state index is 0.116. The van der Waals surface area contributed by atoms with E-state index in [9.17, 15) is 14.3 Å². The third-order valence-electron chi connectivity index (χ3n) is 3.08. The Labute approximate surface area is 124 Å². The number of pyridine rings is 1. The lowest BCUT2D eigenvalue weighted by Gasteiger charge is -2.06. The second-order valence-electron chi connectivity index (χ2n) is 4.53. The zero-order chi connectivity index (χ0) is 15.7. The molecule has 7 heteroatoms. The lowest BCUT2D eigenvalue weighted by Crippen LogP contribution is -2.02. The van der Waals surface area contributed by atoms with Crippen LogP contribution in [0.5, 0.6) is 11.6 Å². The van der Waals surface area contributed by atoms with Crippen LogP contribution < -0.4 is 4.74 Å². The van der Waals surface area contributed by atoms with Crippen molar-refractivity contribution < 1.29 is 24.1 Å². The second kappa shape index (κ2) is 5.36. The Balaban J connectivity index is 1.98. The van der Waals surface area contributed by atoms with Crippen LogP contribution >= 0.6 is 0 Å². The maximum Gasteiger partial charge on any atom is 0.356 e. The smallest absolute Gasteiger partial charge is 0.356 e. The molecule has 2 N–H and O–H groups in total. The Hall–Kier alpha value is -3.09. The van der Waals surface area contributed by atoms with Gasteiger partial charge in [0.05, 0.1) is 5.52 Å². The summed E-state index contributed by atoms with van der Waals surface area (Å²) in [6, 6.07) is 10.0. The molecule has 112 valence electrons. The topological polar surface area (TPSA) is 84.1 Å². The lowest BCUT2D eigenvalue weighted by atomic mass is 10.3. The van der Waals surface area contributed by atoms with Gasteiger partial charge >= 0.3 is 5.97 Å². The summed E-state index contributed by atoms with van der Waals surface area (Å²) >= 11 is 0. The van der Waals surface area contributed by atoms with Crippen molar-refractivity contribution in [2.75, 3.05) is 0 Å². The summed E-state index contributed by atoms with van der Waals surface area (Å²) in [5, 5.41) is 19.1. The molecular weight excluding hydrogens is 291 g/mol. The van der Waals surface area contributed by atoms with Crippen LogP contribution in [-0.2, 0) is 6.61 Å². The first kappa shape index (κ1) is 13.9. The van der Waals surface area contributed by atoms with Gasteiger partial charge in [-0.15, -0.1) is 0 Å². The van der Waals surface area contributed by atoms with E-state index in [1.165, 1.54) is 40.8 Å². The lowest BCUT2D eigenvalue weighted by molar-refractivity contribution is 0.0693. The Kier molecular flexibility index (Phi) is 3.38. The Morgan fingerprint density at radius 3 is 2.77 bits per heavy atom. The van der Waals surface area contributed by atoms with Crippen molar-refractivity contribution in [1.82, 2.24) is 9.38 Å². The van der Waals surface area contributed by atoms with Gasteiger partial charge in [0, 0.05) is 6.07 Å². The molecule has 3 rings (SSSR count). The van der Waals surface area contributed by atoms with Gasteiger partial charge in [-0.2, -0.15) is 0 Å². The molecule has 0 fully saturated rings. The largest absolute Gasteiger partial charge is 0.494 e. The van der Waals surface area contributed by atoms with Gasteiger partial charge in [0.25, 0.3) is 0 Å². The van der Waals surface area contributed by atoms with Crippen molar-refractivity contribution in [3.05, 3.63) is 59.8 Å². The number of nitrogens with zero attached hydrogens (tertiary/aromatic N) is 2. The van der Waals surface area contributed by atoms with Crippen LogP contribution in [0.15, 0.2) is 42.5 Å². The number of ether oxygens (including phenoxy) is 1. The summed E-state index contributed by atoms with van der Waals surface area (Å²) in [5.74, 6) is -1.33. The van der Waals surface area contributed by atoms with E-state index >= 15 is 0 Å². The summed E-state index contributed by atoms with van der Waals surface area (Å²) in [6.07, 6.45) is 0. The fourth-order valence-corrected chi connectivity index (χ4v) is 2.15. The average Bonchev–Trinajstić information content (AvgIpc) is 2.86. The fourth-order valence-electron chi connectivity index (χ4n) is 2.15. The van der Waals surface area contributed by atoms with Gasteiger partial charge in [0.1, 0.15) is 18.2 Å². The molecule has 0 aliphatic carbocycles. The van der Waals surface area contributed by atoms with Crippen LogP contribution in [-0.4, -0.2) is 25.6 Å². The third-order valence-corrected chi connectivity index (χ3v) is 3.08. The first-order valence-corrected chi connectivity index (χ1v) is 6.37. The molecule has 3 aromatic rings. The molecule has 0 unspecified atom stereocenters. The van der Waals surface area contributed by atoms with E-state index in [1.807, 2.05) is 0 Å². The van der Waals surface area contributed by atoms with E-state index in [4.69, 9.17) is 9.84 Å². The summed E-state index contributed by atoms with van der Waals surface area (Å²) in [4.78, 5) is 15.2. The molecule has 1 aromatic carbocycles. The van der Waals surface area contributed by atoms with Crippen LogP contribution in [0.1, 0.15) is 16.3 Å². The van der Waals surface area contributed by atoms with Crippen LogP contribution in [0, 0.1) is 5.82 Å². The van der Waals surface area contributed by atoms with Crippen LogP contribution in [0.25, 0.3) is 5.52 Å². The molecule has 0 amide bonds. The summed E-state index contributed by atoms with van der Waals surface area (Å²) in [5.41, 5.74) is 0.0686. The Morgan fingerprint density at radius 2 is 2.05 bits per heavy atom. The zero-order valence-corrected chi connectivity index (χ0v) is 11.2. The van der Waals surface area contributed by atoms with E-state index < -0.39 is 11.8 Å². The molecule has 0 bridgehead atoms. The fraction of sp³-hybridized carbons (Fsp3) is 0.0667. The maximum atomic E-state index is 13.1. The Morgan fingerprint density at radius 1 is 1.27 bits per heavy atom. The minimum Gasteiger partial charge on any atom is -0.494 e.